The van der Waals surface area contributed by atoms with Crippen LogP contribution in [0.2, 0.25) is 0 Å². The summed E-state index contributed by atoms with van der Waals surface area (Å²) in [5.41, 5.74) is 0. The van der Waals surface area contributed by atoms with Crippen molar-refractivity contribution in [1.82, 2.24) is 0 Å². The molecule has 0 fully saturated rings. The number of rotatable bonds is 50. The van der Waals surface area contributed by atoms with E-state index in [1.807, 2.05) is 0 Å². The van der Waals surface area contributed by atoms with Gasteiger partial charge in [-0.05, 0) is 70.6 Å². The summed E-state index contributed by atoms with van der Waals surface area (Å²) >= 11 is 0. The highest BCUT2D eigenvalue weighted by atomic mass is 16.6. The van der Waals surface area contributed by atoms with Crippen LogP contribution in [0, 0.1) is 0 Å². The Morgan fingerprint density at radius 1 is 0.306 bits per heavy atom. The SMILES string of the molecule is CCCCCCCC/C=C\CCCCCCCC(=O)OC(COC(=O)CCCCCCCCCC)COC(=O)CCCCCCCCCCC/C=C\CCCCCCCCCC. The summed E-state index contributed by atoms with van der Waals surface area (Å²) in [5, 5.41) is 0. The summed E-state index contributed by atoms with van der Waals surface area (Å²) in [6, 6.07) is 0. The zero-order valence-corrected chi connectivity index (χ0v) is 41.7. The van der Waals surface area contributed by atoms with E-state index in [-0.39, 0.29) is 31.1 Å². The van der Waals surface area contributed by atoms with Gasteiger partial charge in [0.05, 0.1) is 0 Å². The van der Waals surface area contributed by atoms with Gasteiger partial charge in [0.2, 0.25) is 0 Å². The van der Waals surface area contributed by atoms with Crippen LogP contribution < -0.4 is 0 Å². The van der Waals surface area contributed by atoms with Crippen molar-refractivity contribution in [2.75, 3.05) is 13.2 Å². The largest absolute Gasteiger partial charge is 0.462 e. The molecule has 0 bridgehead atoms. The molecule has 0 saturated heterocycles. The quantitative estimate of drug-likeness (QED) is 0.0262. The number of carbonyl (C=O) groups excluding carboxylic acids is 3. The minimum atomic E-state index is -0.771. The fourth-order valence-electron chi connectivity index (χ4n) is 8.02. The number of unbranched alkanes of at least 4 members (excludes halogenated alkanes) is 35. The number of ether oxygens (including phenoxy) is 3. The summed E-state index contributed by atoms with van der Waals surface area (Å²) in [7, 11) is 0. The van der Waals surface area contributed by atoms with Gasteiger partial charge in [0.15, 0.2) is 6.10 Å². The highest BCUT2D eigenvalue weighted by Crippen LogP contribution is 2.16. The van der Waals surface area contributed by atoms with Gasteiger partial charge in [-0.2, -0.15) is 0 Å². The van der Waals surface area contributed by atoms with Crippen LogP contribution in [-0.2, 0) is 28.6 Å². The minimum absolute atomic E-state index is 0.0721. The van der Waals surface area contributed by atoms with Crippen molar-refractivity contribution in [1.29, 1.82) is 0 Å². The van der Waals surface area contributed by atoms with E-state index in [4.69, 9.17) is 14.2 Å². The van der Waals surface area contributed by atoms with E-state index in [1.54, 1.807) is 0 Å². The first kappa shape index (κ1) is 59.9. The average Bonchev–Trinajstić information content (AvgIpc) is 3.27. The van der Waals surface area contributed by atoms with Gasteiger partial charge in [-0.3, -0.25) is 14.4 Å². The van der Waals surface area contributed by atoms with Gasteiger partial charge < -0.3 is 14.2 Å². The molecular weight excluding hydrogens is 769 g/mol. The predicted molar refractivity (Wildman–Crippen MR) is 266 cm³/mol. The number of hydrogen-bond donors (Lipinski definition) is 0. The lowest BCUT2D eigenvalue weighted by molar-refractivity contribution is -0.167. The molecule has 0 aliphatic carbocycles. The Morgan fingerprint density at radius 2 is 0.532 bits per heavy atom. The fraction of sp³-hybridized carbons (Fsp3) is 0.875. The minimum Gasteiger partial charge on any atom is -0.462 e. The second kappa shape index (κ2) is 51.5. The molecule has 0 aromatic heterocycles. The van der Waals surface area contributed by atoms with E-state index in [9.17, 15) is 14.4 Å². The van der Waals surface area contributed by atoms with Crippen molar-refractivity contribution in [3.8, 4) is 0 Å². The standard InChI is InChI=1S/C56H104O6/c1-4-7-10-13-16-19-21-23-25-26-27-28-29-30-32-33-35-37-40-43-46-49-55(58)61-52-53(51-60-54(57)48-45-42-39-18-15-12-9-6-3)62-56(59)50-47-44-41-38-36-34-31-24-22-20-17-14-11-8-5-2/h24,26-27,31,53H,4-23,25,28-30,32-52H2,1-3H3/b27-26-,31-24-. The maximum atomic E-state index is 12.8. The van der Waals surface area contributed by atoms with Crippen molar-refractivity contribution >= 4 is 17.9 Å². The van der Waals surface area contributed by atoms with E-state index >= 15 is 0 Å². The van der Waals surface area contributed by atoms with E-state index in [0.29, 0.717) is 19.3 Å². The Bertz CT molecular complexity index is 1000. The lowest BCUT2D eigenvalue weighted by atomic mass is 10.1. The van der Waals surface area contributed by atoms with Gasteiger partial charge >= 0.3 is 17.9 Å². The van der Waals surface area contributed by atoms with Crippen LogP contribution in [0.5, 0.6) is 0 Å². The number of allylic oxidation sites excluding steroid dienone is 4. The molecule has 0 N–H and O–H groups in total. The Hall–Kier alpha value is -2.11. The van der Waals surface area contributed by atoms with E-state index < -0.39 is 6.10 Å². The molecule has 0 aromatic carbocycles. The van der Waals surface area contributed by atoms with E-state index in [1.165, 1.54) is 193 Å². The van der Waals surface area contributed by atoms with Crippen molar-refractivity contribution in [3.63, 3.8) is 0 Å². The van der Waals surface area contributed by atoms with Gasteiger partial charge in [-0.1, -0.05) is 231 Å². The van der Waals surface area contributed by atoms with Crippen LogP contribution in [-0.4, -0.2) is 37.2 Å². The van der Waals surface area contributed by atoms with Gasteiger partial charge in [0.1, 0.15) is 13.2 Å². The lowest BCUT2D eigenvalue weighted by Crippen LogP contribution is -2.30. The number of carbonyl (C=O) groups is 3. The molecule has 0 aliphatic heterocycles. The van der Waals surface area contributed by atoms with Crippen LogP contribution in [0.25, 0.3) is 0 Å². The molecule has 0 rings (SSSR count). The van der Waals surface area contributed by atoms with Crippen molar-refractivity contribution < 1.29 is 28.6 Å². The molecule has 6 heteroatoms. The smallest absolute Gasteiger partial charge is 0.306 e. The summed E-state index contributed by atoms with van der Waals surface area (Å²) < 4.78 is 16.8. The molecule has 364 valence electrons. The van der Waals surface area contributed by atoms with Crippen LogP contribution in [0.15, 0.2) is 24.3 Å². The Kier molecular flexibility index (Phi) is 49.8. The van der Waals surface area contributed by atoms with Crippen molar-refractivity contribution in [3.05, 3.63) is 24.3 Å². The van der Waals surface area contributed by atoms with Gasteiger partial charge in [-0.25, -0.2) is 0 Å². The molecule has 0 amide bonds. The molecule has 0 saturated carbocycles. The normalized spacial score (nSPS) is 12.1. The topological polar surface area (TPSA) is 78.9 Å². The third-order valence-electron chi connectivity index (χ3n) is 12.2. The maximum Gasteiger partial charge on any atom is 0.306 e. The Morgan fingerprint density at radius 3 is 0.806 bits per heavy atom. The molecule has 0 heterocycles. The zero-order chi connectivity index (χ0) is 45.1. The van der Waals surface area contributed by atoms with E-state index in [0.717, 1.165) is 64.2 Å². The molecule has 62 heavy (non-hydrogen) atoms. The van der Waals surface area contributed by atoms with Crippen molar-refractivity contribution in [2.24, 2.45) is 0 Å². The molecule has 1 unspecified atom stereocenters. The van der Waals surface area contributed by atoms with Gasteiger partial charge in [0, 0.05) is 19.3 Å². The summed E-state index contributed by atoms with van der Waals surface area (Å²) in [5.74, 6) is -0.873. The fourth-order valence-corrected chi connectivity index (χ4v) is 8.02. The molecule has 1 atom stereocenters. The summed E-state index contributed by atoms with van der Waals surface area (Å²) in [6.07, 6.45) is 58.9. The zero-order valence-electron chi connectivity index (χ0n) is 41.7. The molecule has 0 radical (unpaired) electrons. The summed E-state index contributed by atoms with van der Waals surface area (Å²) in [4.78, 5) is 37.9. The first-order valence-electron chi connectivity index (χ1n) is 27.3. The second-order valence-electron chi connectivity index (χ2n) is 18.5. The molecular formula is C56H104O6. The van der Waals surface area contributed by atoms with Crippen LogP contribution in [0.1, 0.15) is 297 Å². The van der Waals surface area contributed by atoms with E-state index in [2.05, 4.69) is 45.1 Å². The first-order valence-corrected chi connectivity index (χ1v) is 27.3. The van der Waals surface area contributed by atoms with Crippen LogP contribution in [0.4, 0.5) is 0 Å². The van der Waals surface area contributed by atoms with Crippen LogP contribution >= 0.6 is 0 Å². The monoisotopic (exact) mass is 873 g/mol. The van der Waals surface area contributed by atoms with Gasteiger partial charge in [-0.15, -0.1) is 0 Å². The first-order chi connectivity index (χ1) is 30.5. The highest BCUT2D eigenvalue weighted by Gasteiger charge is 2.19. The molecule has 0 aliphatic rings. The maximum absolute atomic E-state index is 12.8. The van der Waals surface area contributed by atoms with Gasteiger partial charge in [0.25, 0.3) is 0 Å². The lowest BCUT2D eigenvalue weighted by Gasteiger charge is -2.18. The van der Waals surface area contributed by atoms with Crippen LogP contribution in [0.3, 0.4) is 0 Å². The highest BCUT2D eigenvalue weighted by molar-refractivity contribution is 5.71. The second-order valence-corrected chi connectivity index (χ2v) is 18.5. The molecule has 0 aromatic rings. The third kappa shape index (κ3) is 48.9. The molecule has 0 spiro atoms. The predicted octanol–water partition coefficient (Wildman–Crippen LogP) is 17.9. The Labute approximate surface area is 385 Å². The average molecular weight is 873 g/mol. The third-order valence-corrected chi connectivity index (χ3v) is 12.2. The Balaban J connectivity index is 4.21. The number of hydrogen-bond acceptors (Lipinski definition) is 6. The number of esters is 3. The summed E-state index contributed by atoms with van der Waals surface area (Å²) in [6.45, 7) is 6.63. The van der Waals surface area contributed by atoms with Crippen molar-refractivity contribution in [2.45, 2.75) is 303 Å². The molecule has 6 nitrogen and oxygen atoms in total.